The third-order valence-corrected chi connectivity index (χ3v) is 2.97. The van der Waals surface area contributed by atoms with Crippen LogP contribution in [0.15, 0.2) is 48.3 Å². The van der Waals surface area contributed by atoms with E-state index in [9.17, 15) is 4.79 Å². The predicted molar refractivity (Wildman–Crippen MR) is 67.8 cm³/mol. The lowest BCUT2D eigenvalue weighted by atomic mass is 9.91. The molecule has 2 heteroatoms. The van der Waals surface area contributed by atoms with Crippen LogP contribution >= 0.6 is 0 Å². The number of Topliss-reactive ketones (excluding diaryl/α,β-unsaturated/α-hetero) is 1. The molecule has 1 aliphatic rings. The fourth-order valence-electron chi connectivity index (χ4n) is 1.88. The second-order valence-corrected chi connectivity index (χ2v) is 4.24. The first-order chi connectivity index (χ1) is 8.20. The van der Waals surface area contributed by atoms with Gasteiger partial charge in [0.25, 0.3) is 0 Å². The number of hydrogen-bond donors (Lipinski definition) is 0. The van der Waals surface area contributed by atoms with Crippen molar-refractivity contribution in [3.8, 4) is 0 Å². The molecule has 2 rings (SSSR count). The van der Waals surface area contributed by atoms with E-state index in [-0.39, 0.29) is 11.7 Å². The molecule has 88 valence electrons. The van der Waals surface area contributed by atoms with Gasteiger partial charge in [-0.15, -0.1) is 0 Å². The summed E-state index contributed by atoms with van der Waals surface area (Å²) in [5.74, 6) is 0.946. The van der Waals surface area contributed by atoms with E-state index in [0.717, 1.165) is 11.3 Å². The quantitative estimate of drug-likeness (QED) is 0.742. The van der Waals surface area contributed by atoms with Crippen molar-refractivity contribution in [3.05, 3.63) is 59.4 Å². The number of benzene rings is 1. The van der Waals surface area contributed by atoms with Gasteiger partial charge < -0.3 is 4.74 Å². The fraction of sp³-hybridized carbons (Fsp3) is 0.267. The second-order valence-electron chi connectivity index (χ2n) is 4.24. The van der Waals surface area contributed by atoms with E-state index in [1.54, 1.807) is 7.11 Å². The van der Waals surface area contributed by atoms with Crippen molar-refractivity contribution < 1.29 is 9.53 Å². The molecule has 0 spiro atoms. The molecule has 1 aromatic carbocycles. The first-order valence-corrected chi connectivity index (χ1v) is 5.74. The molecule has 0 aromatic heterocycles. The van der Waals surface area contributed by atoms with Gasteiger partial charge in [-0.1, -0.05) is 35.9 Å². The van der Waals surface area contributed by atoms with E-state index in [0.29, 0.717) is 6.42 Å². The Hall–Kier alpha value is -1.83. The molecule has 1 aliphatic carbocycles. The van der Waals surface area contributed by atoms with E-state index in [2.05, 4.69) is 0 Å². The third kappa shape index (κ3) is 2.64. The lowest BCUT2D eigenvalue weighted by Gasteiger charge is -2.14. The molecule has 0 fully saturated rings. The number of allylic oxidation sites excluding steroid dienone is 3. The van der Waals surface area contributed by atoms with Gasteiger partial charge in [0.05, 0.1) is 7.11 Å². The molecule has 0 aliphatic heterocycles. The van der Waals surface area contributed by atoms with Gasteiger partial charge in [-0.2, -0.15) is 0 Å². The number of rotatable bonds is 3. The minimum absolute atomic E-state index is 0.0587. The highest BCUT2D eigenvalue weighted by atomic mass is 16.5. The average molecular weight is 228 g/mol. The summed E-state index contributed by atoms with van der Waals surface area (Å²) in [6, 6.07) is 7.72. The number of ether oxygens (including phenoxy) is 1. The fourth-order valence-corrected chi connectivity index (χ4v) is 1.88. The summed E-state index contributed by atoms with van der Waals surface area (Å²) in [5, 5.41) is 0. The highest BCUT2D eigenvalue weighted by Crippen LogP contribution is 2.21. The number of methoxy groups -OCH3 is 1. The molecule has 0 amide bonds. The molecule has 17 heavy (non-hydrogen) atoms. The van der Waals surface area contributed by atoms with Crippen LogP contribution in [-0.4, -0.2) is 12.9 Å². The van der Waals surface area contributed by atoms with Gasteiger partial charge in [-0.3, -0.25) is 4.79 Å². The van der Waals surface area contributed by atoms with Crippen molar-refractivity contribution in [2.45, 2.75) is 13.3 Å². The Morgan fingerprint density at radius 3 is 2.53 bits per heavy atom. The lowest BCUT2D eigenvalue weighted by molar-refractivity contribution is 0.0944. The Morgan fingerprint density at radius 2 is 2.00 bits per heavy atom. The molecule has 0 saturated carbocycles. The summed E-state index contributed by atoms with van der Waals surface area (Å²) < 4.78 is 5.10. The zero-order valence-electron chi connectivity index (χ0n) is 10.1. The molecule has 0 bridgehead atoms. The highest BCUT2D eigenvalue weighted by Gasteiger charge is 2.18. The van der Waals surface area contributed by atoms with Crippen molar-refractivity contribution in [2.24, 2.45) is 5.92 Å². The van der Waals surface area contributed by atoms with Gasteiger partial charge in [-0.25, -0.2) is 0 Å². The smallest absolute Gasteiger partial charge is 0.170 e. The summed E-state index contributed by atoms with van der Waals surface area (Å²) in [6.45, 7) is 2.02. The Morgan fingerprint density at radius 1 is 1.29 bits per heavy atom. The van der Waals surface area contributed by atoms with Gasteiger partial charge in [0, 0.05) is 11.5 Å². The summed E-state index contributed by atoms with van der Waals surface area (Å²) in [4.78, 5) is 12.2. The van der Waals surface area contributed by atoms with Gasteiger partial charge in [0.1, 0.15) is 5.76 Å². The zero-order chi connectivity index (χ0) is 12.3. The van der Waals surface area contributed by atoms with Gasteiger partial charge in [0.2, 0.25) is 0 Å². The minimum Gasteiger partial charge on any atom is -0.497 e. The maximum atomic E-state index is 12.2. The first kappa shape index (κ1) is 11.6. The van der Waals surface area contributed by atoms with Crippen LogP contribution in [0, 0.1) is 12.8 Å². The summed E-state index contributed by atoms with van der Waals surface area (Å²) in [5.41, 5.74) is 1.95. The molecule has 1 aromatic rings. The molecule has 1 unspecified atom stereocenters. The molecule has 1 atom stereocenters. The van der Waals surface area contributed by atoms with Crippen molar-refractivity contribution in [1.29, 1.82) is 0 Å². The summed E-state index contributed by atoms with van der Waals surface area (Å²) >= 11 is 0. The summed E-state index contributed by atoms with van der Waals surface area (Å²) in [7, 11) is 1.64. The van der Waals surface area contributed by atoms with Crippen LogP contribution in [0.4, 0.5) is 0 Å². The van der Waals surface area contributed by atoms with Crippen LogP contribution in [-0.2, 0) is 4.74 Å². The molecule has 2 nitrogen and oxygen atoms in total. The molecule has 0 radical (unpaired) electrons. The number of carbonyl (C=O) groups excluding carboxylic acids is 1. The maximum absolute atomic E-state index is 12.2. The monoisotopic (exact) mass is 228 g/mol. The van der Waals surface area contributed by atoms with E-state index in [1.165, 1.54) is 5.56 Å². The molecule has 0 N–H and O–H groups in total. The van der Waals surface area contributed by atoms with Crippen LogP contribution in [0.5, 0.6) is 0 Å². The SMILES string of the molecule is COC1=CCC(C(=O)c2ccc(C)cc2)C=C1. The van der Waals surface area contributed by atoms with Crippen molar-refractivity contribution in [2.75, 3.05) is 7.11 Å². The largest absolute Gasteiger partial charge is 0.497 e. The number of ketones is 1. The van der Waals surface area contributed by atoms with Crippen LogP contribution in [0.1, 0.15) is 22.3 Å². The zero-order valence-corrected chi connectivity index (χ0v) is 10.1. The predicted octanol–water partition coefficient (Wildman–Crippen LogP) is 3.28. The third-order valence-electron chi connectivity index (χ3n) is 2.97. The normalized spacial score (nSPS) is 18.7. The van der Waals surface area contributed by atoms with Gasteiger partial charge in [0.15, 0.2) is 5.78 Å². The molecular weight excluding hydrogens is 212 g/mol. The molecular formula is C15H16O2. The first-order valence-electron chi connectivity index (χ1n) is 5.74. The Kier molecular flexibility index (Phi) is 3.43. The maximum Gasteiger partial charge on any atom is 0.170 e. The van der Waals surface area contributed by atoms with Crippen LogP contribution < -0.4 is 0 Å². The Labute approximate surface area is 102 Å². The standard InChI is InChI=1S/C15H16O2/c1-11-3-5-12(6-4-11)15(16)13-7-9-14(17-2)10-8-13/h3-7,9-10,13H,8H2,1-2H3. The van der Waals surface area contributed by atoms with Gasteiger partial charge >= 0.3 is 0 Å². The molecule has 0 saturated heterocycles. The van der Waals surface area contributed by atoms with Crippen LogP contribution in [0.25, 0.3) is 0 Å². The lowest BCUT2D eigenvalue weighted by Crippen LogP contribution is -2.14. The van der Waals surface area contributed by atoms with E-state index in [1.807, 2.05) is 49.4 Å². The topological polar surface area (TPSA) is 26.3 Å². The van der Waals surface area contributed by atoms with Crippen LogP contribution in [0.3, 0.4) is 0 Å². The highest BCUT2D eigenvalue weighted by molar-refractivity contribution is 5.99. The van der Waals surface area contributed by atoms with Crippen molar-refractivity contribution >= 4 is 5.78 Å². The van der Waals surface area contributed by atoms with Gasteiger partial charge in [-0.05, 0) is 25.5 Å². The summed E-state index contributed by atoms with van der Waals surface area (Å²) in [6.07, 6.45) is 6.45. The second kappa shape index (κ2) is 5.00. The number of aryl methyl sites for hydroxylation is 1. The van der Waals surface area contributed by atoms with Crippen LogP contribution in [0.2, 0.25) is 0 Å². The van der Waals surface area contributed by atoms with Crippen molar-refractivity contribution in [3.63, 3.8) is 0 Å². The number of carbonyl (C=O) groups is 1. The van der Waals surface area contributed by atoms with E-state index < -0.39 is 0 Å². The van der Waals surface area contributed by atoms with Crippen molar-refractivity contribution in [1.82, 2.24) is 0 Å². The Balaban J connectivity index is 2.10. The Bertz CT molecular complexity index is 466. The molecule has 0 heterocycles. The minimum atomic E-state index is -0.0587. The van der Waals surface area contributed by atoms with E-state index >= 15 is 0 Å². The number of hydrogen-bond acceptors (Lipinski definition) is 2. The van der Waals surface area contributed by atoms with E-state index in [4.69, 9.17) is 4.74 Å². The average Bonchev–Trinajstić information content (AvgIpc) is 2.39.